The first-order valence-corrected chi connectivity index (χ1v) is 10.8. The summed E-state index contributed by atoms with van der Waals surface area (Å²) in [6.07, 6.45) is 1.73. The summed E-state index contributed by atoms with van der Waals surface area (Å²) in [4.78, 5) is 13.2. The Morgan fingerprint density at radius 3 is 2.52 bits per heavy atom. The van der Waals surface area contributed by atoms with Gasteiger partial charge in [0.05, 0.1) is 12.3 Å². The molecule has 0 fully saturated rings. The number of nitrogens with zero attached hydrogens (tertiary/aromatic N) is 1. The Hall–Kier alpha value is -3.67. The van der Waals surface area contributed by atoms with Crippen molar-refractivity contribution < 1.29 is 14.2 Å². The Balaban J connectivity index is 1.77. The average molecular weight is 442 g/mol. The summed E-state index contributed by atoms with van der Waals surface area (Å²) in [6, 6.07) is 25.6. The summed E-state index contributed by atoms with van der Waals surface area (Å²) in [7, 11) is 1.59. The van der Waals surface area contributed by atoms with Crippen LogP contribution in [0.2, 0.25) is 0 Å². The second-order valence-electron chi connectivity index (χ2n) is 7.67. The zero-order valence-corrected chi connectivity index (χ0v) is 18.7. The highest BCUT2D eigenvalue weighted by Gasteiger charge is 2.15. The largest absolute Gasteiger partial charge is 0.489 e. The molecule has 168 valence electrons. The zero-order chi connectivity index (χ0) is 23.0. The van der Waals surface area contributed by atoms with Crippen LogP contribution in [-0.2, 0) is 29.2 Å². The summed E-state index contributed by atoms with van der Waals surface area (Å²) in [6.45, 7) is 5.21. The van der Waals surface area contributed by atoms with Crippen LogP contribution in [0, 0.1) is 0 Å². The minimum Gasteiger partial charge on any atom is -0.489 e. The lowest BCUT2D eigenvalue weighted by Crippen LogP contribution is -2.21. The van der Waals surface area contributed by atoms with E-state index in [-0.39, 0.29) is 12.4 Å². The maximum Gasteiger partial charge on any atom is 0.259 e. The van der Waals surface area contributed by atoms with E-state index in [1.165, 1.54) is 0 Å². The number of aromatic nitrogens is 1. The molecule has 0 saturated carbocycles. The van der Waals surface area contributed by atoms with Crippen molar-refractivity contribution in [1.29, 1.82) is 0 Å². The van der Waals surface area contributed by atoms with Gasteiger partial charge >= 0.3 is 0 Å². The van der Waals surface area contributed by atoms with Crippen molar-refractivity contribution in [2.24, 2.45) is 0 Å². The van der Waals surface area contributed by atoms with Crippen molar-refractivity contribution in [1.82, 2.24) is 4.57 Å². The van der Waals surface area contributed by atoms with Gasteiger partial charge in [-0.1, -0.05) is 54.6 Å². The molecule has 0 aliphatic rings. The Morgan fingerprint density at radius 1 is 0.939 bits per heavy atom. The minimum absolute atomic E-state index is 0.0452. The van der Waals surface area contributed by atoms with E-state index in [4.69, 9.17) is 14.2 Å². The molecule has 1 heterocycles. The number of allylic oxidation sites excluding steroid dienone is 1. The summed E-state index contributed by atoms with van der Waals surface area (Å²) in [5.74, 6) is 0.733. The first-order chi connectivity index (χ1) is 16.2. The number of methoxy groups -OCH3 is 1. The molecule has 0 saturated heterocycles. The van der Waals surface area contributed by atoms with Crippen LogP contribution < -0.4 is 10.3 Å². The predicted octanol–water partition coefficient (Wildman–Crippen LogP) is 5.55. The Bertz CT molecular complexity index is 1290. The van der Waals surface area contributed by atoms with Gasteiger partial charge in [0.1, 0.15) is 19.1 Å². The van der Waals surface area contributed by atoms with E-state index in [0.717, 1.165) is 33.5 Å². The van der Waals surface area contributed by atoms with E-state index in [1.54, 1.807) is 17.8 Å². The van der Waals surface area contributed by atoms with Crippen LogP contribution in [0.3, 0.4) is 0 Å². The lowest BCUT2D eigenvalue weighted by Gasteiger charge is -2.18. The first-order valence-electron chi connectivity index (χ1n) is 10.8. The summed E-state index contributed by atoms with van der Waals surface area (Å²) in [5, 5.41) is 1.58. The van der Waals surface area contributed by atoms with Crippen molar-refractivity contribution in [3.05, 3.63) is 113 Å². The van der Waals surface area contributed by atoms with Crippen molar-refractivity contribution in [3.63, 3.8) is 0 Å². The topological polar surface area (TPSA) is 49.7 Å². The van der Waals surface area contributed by atoms with Crippen molar-refractivity contribution in [2.75, 3.05) is 13.9 Å². The molecule has 0 radical (unpaired) electrons. The number of pyridine rings is 1. The van der Waals surface area contributed by atoms with Gasteiger partial charge in [0, 0.05) is 24.6 Å². The van der Waals surface area contributed by atoms with E-state index < -0.39 is 0 Å². The minimum atomic E-state index is -0.0452. The number of hydrogen-bond donors (Lipinski definition) is 0. The molecule has 5 nitrogen and oxygen atoms in total. The maximum absolute atomic E-state index is 13.2. The summed E-state index contributed by atoms with van der Waals surface area (Å²) < 4.78 is 18.5. The molecule has 0 aliphatic carbocycles. The van der Waals surface area contributed by atoms with E-state index in [9.17, 15) is 4.79 Å². The smallest absolute Gasteiger partial charge is 0.259 e. The van der Waals surface area contributed by atoms with Gasteiger partial charge in [-0.15, -0.1) is 6.58 Å². The predicted molar refractivity (Wildman–Crippen MR) is 131 cm³/mol. The first kappa shape index (κ1) is 22.5. The molecule has 0 spiro atoms. The highest BCUT2D eigenvalue weighted by atomic mass is 16.7. The Morgan fingerprint density at radius 2 is 1.73 bits per heavy atom. The van der Waals surface area contributed by atoms with Crippen molar-refractivity contribution in [2.45, 2.75) is 19.8 Å². The molecule has 0 unspecified atom stereocenters. The van der Waals surface area contributed by atoms with Crippen LogP contribution in [0.25, 0.3) is 22.0 Å². The molecule has 3 aromatic carbocycles. The zero-order valence-electron chi connectivity index (χ0n) is 18.7. The van der Waals surface area contributed by atoms with Crippen molar-refractivity contribution in [3.8, 4) is 17.0 Å². The molecule has 1 aromatic heterocycles. The SMILES string of the molecule is C=CCn1c(-c2ccc(OCc3ccccc3)cc2COCOC)cc2ccccc2c1=O. The second-order valence-corrected chi connectivity index (χ2v) is 7.67. The third kappa shape index (κ3) is 5.22. The fraction of sp³-hybridized carbons (Fsp3) is 0.179. The van der Waals surface area contributed by atoms with Gasteiger partial charge in [-0.2, -0.15) is 0 Å². The standard InChI is InChI=1S/C28H27NO4/c1-3-15-29-27(17-22-11-7-8-12-26(22)28(29)30)25-14-13-24(16-23(25)19-32-20-31-2)33-18-21-9-5-4-6-10-21/h3-14,16-17H,1,15,18-20H2,2H3. The number of ether oxygens (including phenoxy) is 3. The fourth-order valence-electron chi connectivity index (χ4n) is 3.84. The molecular formula is C28H27NO4. The molecule has 0 N–H and O–H groups in total. The monoisotopic (exact) mass is 441 g/mol. The van der Waals surface area contributed by atoms with Crippen LogP contribution in [0.1, 0.15) is 11.1 Å². The number of hydrogen-bond acceptors (Lipinski definition) is 4. The molecular weight excluding hydrogens is 414 g/mol. The van der Waals surface area contributed by atoms with Gasteiger partial charge < -0.3 is 18.8 Å². The quantitative estimate of drug-likeness (QED) is 0.184. The molecule has 5 heteroatoms. The van der Waals surface area contributed by atoms with E-state index in [0.29, 0.717) is 25.1 Å². The van der Waals surface area contributed by atoms with Crippen LogP contribution in [0.5, 0.6) is 5.75 Å². The molecule has 33 heavy (non-hydrogen) atoms. The second kappa shape index (κ2) is 10.8. The van der Waals surface area contributed by atoms with Crippen LogP contribution in [0.4, 0.5) is 0 Å². The van der Waals surface area contributed by atoms with Gasteiger partial charge in [0.2, 0.25) is 0 Å². The lowest BCUT2D eigenvalue weighted by molar-refractivity contribution is -0.0389. The van der Waals surface area contributed by atoms with Gasteiger partial charge in [-0.25, -0.2) is 0 Å². The van der Waals surface area contributed by atoms with E-state index >= 15 is 0 Å². The molecule has 0 aliphatic heterocycles. The lowest BCUT2D eigenvalue weighted by atomic mass is 10.0. The van der Waals surface area contributed by atoms with Gasteiger partial charge in [0.15, 0.2) is 0 Å². The molecule has 4 aromatic rings. The molecule has 4 rings (SSSR count). The molecule has 0 bridgehead atoms. The number of fused-ring (bicyclic) bond motifs is 1. The average Bonchev–Trinajstić information content (AvgIpc) is 2.85. The van der Waals surface area contributed by atoms with Crippen LogP contribution in [0.15, 0.2) is 96.3 Å². The number of rotatable bonds is 10. The molecule has 0 amide bonds. The maximum atomic E-state index is 13.2. The summed E-state index contributed by atoms with van der Waals surface area (Å²) in [5.41, 5.74) is 3.67. The van der Waals surface area contributed by atoms with Gasteiger partial charge in [-0.05, 0) is 46.8 Å². The highest BCUT2D eigenvalue weighted by molar-refractivity contribution is 5.86. The van der Waals surface area contributed by atoms with Crippen LogP contribution in [-0.4, -0.2) is 18.5 Å². The summed E-state index contributed by atoms with van der Waals surface area (Å²) >= 11 is 0. The third-order valence-corrected chi connectivity index (χ3v) is 5.39. The van der Waals surface area contributed by atoms with E-state index in [2.05, 4.69) is 6.58 Å². The van der Waals surface area contributed by atoms with E-state index in [1.807, 2.05) is 78.9 Å². The van der Waals surface area contributed by atoms with Gasteiger partial charge in [0.25, 0.3) is 5.56 Å². The fourth-order valence-corrected chi connectivity index (χ4v) is 3.84. The normalized spacial score (nSPS) is 10.9. The molecule has 0 atom stereocenters. The third-order valence-electron chi connectivity index (χ3n) is 5.39. The highest BCUT2D eigenvalue weighted by Crippen LogP contribution is 2.30. The van der Waals surface area contributed by atoms with Gasteiger partial charge in [-0.3, -0.25) is 4.79 Å². The Labute approximate surface area is 193 Å². The Kier molecular flexibility index (Phi) is 7.35. The van der Waals surface area contributed by atoms with Crippen molar-refractivity contribution >= 4 is 10.8 Å². The van der Waals surface area contributed by atoms with Crippen LogP contribution >= 0.6 is 0 Å². The number of benzene rings is 3.